The number of carbonyl (C=O) groups is 1. The first-order valence-electron chi connectivity index (χ1n) is 5.91. The maximum Gasteiger partial charge on any atom is 0.240 e. The van der Waals surface area contributed by atoms with E-state index in [-0.39, 0.29) is 22.8 Å². The molecule has 0 spiro atoms. The molecule has 0 rings (SSSR count). The molecule has 1 amide bonds. The fourth-order valence-electron chi connectivity index (χ4n) is 1.36. The minimum Gasteiger partial charge on any atom is -0.341 e. The van der Waals surface area contributed by atoms with Gasteiger partial charge in [0.1, 0.15) is 0 Å². The van der Waals surface area contributed by atoms with Gasteiger partial charge in [-0.3, -0.25) is 4.79 Å². The molecular weight excluding hydrogens is 200 g/mol. The normalized spacial score (nSPS) is 16.8. The Labute approximate surface area is 100 Å². The van der Waals surface area contributed by atoms with Crippen LogP contribution in [0.5, 0.6) is 0 Å². The Hall–Kier alpha value is -0.570. The van der Waals surface area contributed by atoms with Crippen LogP contribution in [0.15, 0.2) is 0 Å². The second-order valence-electron chi connectivity index (χ2n) is 6.83. The number of amides is 1. The van der Waals surface area contributed by atoms with Crippen molar-refractivity contribution in [3.05, 3.63) is 0 Å². The Kier molecular flexibility index (Phi) is 4.57. The third kappa shape index (κ3) is 3.78. The standard InChI is InChI=1S/C13H28N2O/c1-9(12(2,3)4)15(8)11(16)10(14)13(5,6)7/h9-10H,14H2,1-8H3/t9?,10-/m0/s1. The molecule has 0 aliphatic carbocycles. The molecule has 2 N–H and O–H groups in total. The highest BCUT2D eigenvalue weighted by Crippen LogP contribution is 2.25. The molecule has 0 heterocycles. The molecule has 0 bridgehead atoms. The fourth-order valence-corrected chi connectivity index (χ4v) is 1.36. The minimum absolute atomic E-state index is 0.0231. The van der Waals surface area contributed by atoms with Crippen molar-refractivity contribution in [1.82, 2.24) is 4.90 Å². The molecule has 1 unspecified atom stereocenters. The van der Waals surface area contributed by atoms with Crippen molar-refractivity contribution in [2.45, 2.75) is 60.5 Å². The van der Waals surface area contributed by atoms with Crippen molar-refractivity contribution in [1.29, 1.82) is 0 Å². The summed E-state index contributed by atoms with van der Waals surface area (Å²) in [6.07, 6.45) is 0. The Morgan fingerprint density at radius 1 is 1.06 bits per heavy atom. The van der Waals surface area contributed by atoms with Crippen molar-refractivity contribution in [3.63, 3.8) is 0 Å². The van der Waals surface area contributed by atoms with Gasteiger partial charge in [0.15, 0.2) is 0 Å². The summed E-state index contributed by atoms with van der Waals surface area (Å²) in [4.78, 5) is 14.0. The van der Waals surface area contributed by atoms with E-state index in [2.05, 4.69) is 27.7 Å². The van der Waals surface area contributed by atoms with E-state index < -0.39 is 6.04 Å². The number of nitrogens with zero attached hydrogens (tertiary/aromatic N) is 1. The zero-order valence-electron chi connectivity index (χ0n) is 12.1. The van der Waals surface area contributed by atoms with Crippen LogP contribution in [0.3, 0.4) is 0 Å². The van der Waals surface area contributed by atoms with Gasteiger partial charge in [0, 0.05) is 13.1 Å². The van der Waals surface area contributed by atoms with Crippen molar-refractivity contribution in [2.75, 3.05) is 7.05 Å². The molecule has 2 atom stereocenters. The third-order valence-corrected chi connectivity index (χ3v) is 3.38. The molecule has 0 aliphatic heterocycles. The molecule has 0 fully saturated rings. The van der Waals surface area contributed by atoms with E-state index in [4.69, 9.17) is 5.73 Å². The smallest absolute Gasteiger partial charge is 0.240 e. The van der Waals surface area contributed by atoms with E-state index in [0.29, 0.717) is 0 Å². The first kappa shape index (κ1) is 15.4. The van der Waals surface area contributed by atoms with Gasteiger partial charge in [-0.25, -0.2) is 0 Å². The molecule has 0 saturated heterocycles. The largest absolute Gasteiger partial charge is 0.341 e. The Balaban J connectivity index is 4.76. The van der Waals surface area contributed by atoms with Crippen LogP contribution >= 0.6 is 0 Å². The summed E-state index contributed by atoms with van der Waals surface area (Å²) < 4.78 is 0. The van der Waals surface area contributed by atoms with Crippen LogP contribution < -0.4 is 5.73 Å². The molecule has 0 aliphatic rings. The SMILES string of the molecule is CC(N(C)C(=O)[C@H](N)C(C)(C)C)C(C)(C)C. The summed E-state index contributed by atoms with van der Waals surface area (Å²) in [5.74, 6) is 0.0231. The van der Waals surface area contributed by atoms with Crippen LogP contribution in [0.25, 0.3) is 0 Å². The quantitative estimate of drug-likeness (QED) is 0.788. The Morgan fingerprint density at radius 2 is 1.44 bits per heavy atom. The predicted octanol–water partition coefficient (Wildman–Crippen LogP) is 2.25. The zero-order chi connectivity index (χ0) is 13.3. The van der Waals surface area contributed by atoms with E-state index in [1.165, 1.54) is 0 Å². The molecule has 3 heteroatoms. The lowest BCUT2D eigenvalue weighted by molar-refractivity contribution is -0.137. The molecule has 0 aromatic heterocycles. The van der Waals surface area contributed by atoms with E-state index >= 15 is 0 Å². The average molecular weight is 228 g/mol. The number of hydrogen-bond donors (Lipinski definition) is 1. The van der Waals surface area contributed by atoms with E-state index in [0.717, 1.165) is 0 Å². The monoisotopic (exact) mass is 228 g/mol. The van der Waals surface area contributed by atoms with Gasteiger partial charge >= 0.3 is 0 Å². The minimum atomic E-state index is -0.442. The lowest BCUT2D eigenvalue weighted by Crippen LogP contribution is -2.53. The van der Waals surface area contributed by atoms with Crippen LogP contribution in [0.4, 0.5) is 0 Å². The van der Waals surface area contributed by atoms with Gasteiger partial charge in [-0.15, -0.1) is 0 Å². The van der Waals surface area contributed by atoms with Crippen molar-refractivity contribution < 1.29 is 4.79 Å². The maximum atomic E-state index is 12.2. The van der Waals surface area contributed by atoms with Crippen LogP contribution in [-0.4, -0.2) is 29.9 Å². The van der Waals surface area contributed by atoms with E-state index in [1.54, 1.807) is 4.90 Å². The van der Waals surface area contributed by atoms with Crippen LogP contribution in [0, 0.1) is 10.8 Å². The molecule has 96 valence electrons. The van der Waals surface area contributed by atoms with Gasteiger partial charge in [0.05, 0.1) is 6.04 Å². The summed E-state index contributed by atoms with van der Waals surface area (Å²) in [6.45, 7) is 14.4. The second kappa shape index (κ2) is 4.74. The highest BCUT2D eigenvalue weighted by atomic mass is 16.2. The highest BCUT2D eigenvalue weighted by Gasteiger charge is 2.34. The van der Waals surface area contributed by atoms with E-state index in [1.807, 2.05) is 27.8 Å². The Morgan fingerprint density at radius 3 is 1.69 bits per heavy atom. The van der Waals surface area contributed by atoms with Crippen molar-refractivity contribution in [3.8, 4) is 0 Å². The Bertz CT molecular complexity index is 248. The molecule has 0 aromatic rings. The molecule has 16 heavy (non-hydrogen) atoms. The third-order valence-electron chi connectivity index (χ3n) is 3.38. The summed E-state index contributed by atoms with van der Waals surface area (Å²) in [7, 11) is 1.84. The van der Waals surface area contributed by atoms with Gasteiger partial charge < -0.3 is 10.6 Å². The van der Waals surface area contributed by atoms with Gasteiger partial charge in [-0.1, -0.05) is 41.5 Å². The van der Waals surface area contributed by atoms with Gasteiger partial charge in [0.25, 0.3) is 0 Å². The zero-order valence-corrected chi connectivity index (χ0v) is 12.1. The number of likely N-dealkylation sites (N-methyl/N-ethyl adjacent to an activating group) is 1. The first-order chi connectivity index (χ1) is 6.89. The number of nitrogens with two attached hydrogens (primary N) is 1. The first-order valence-corrected chi connectivity index (χ1v) is 5.91. The number of rotatable bonds is 2. The molecule has 0 saturated carbocycles. The second-order valence-corrected chi connectivity index (χ2v) is 6.83. The molecule has 0 aromatic carbocycles. The lowest BCUT2D eigenvalue weighted by atomic mass is 9.84. The maximum absolute atomic E-state index is 12.2. The fraction of sp³-hybridized carbons (Fsp3) is 0.923. The lowest BCUT2D eigenvalue weighted by Gasteiger charge is -2.38. The van der Waals surface area contributed by atoms with E-state index in [9.17, 15) is 4.79 Å². The number of carbonyl (C=O) groups excluding carboxylic acids is 1. The van der Waals surface area contributed by atoms with Crippen LogP contribution in [0.2, 0.25) is 0 Å². The van der Waals surface area contributed by atoms with Crippen molar-refractivity contribution in [2.24, 2.45) is 16.6 Å². The highest BCUT2D eigenvalue weighted by molar-refractivity contribution is 5.82. The van der Waals surface area contributed by atoms with Crippen LogP contribution in [-0.2, 0) is 4.79 Å². The summed E-state index contributed by atoms with van der Waals surface area (Å²) in [5.41, 5.74) is 5.86. The van der Waals surface area contributed by atoms with Gasteiger partial charge in [-0.2, -0.15) is 0 Å². The predicted molar refractivity (Wildman–Crippen MR) is 69.1 cm³/mol. The van der Waals surface area contributed by atoms with Crippen molar-refractivity contribution >= 4 is 5.91 Å². The molecule has 3 nitrogen and oxygen atoms in total. The van der Waals surface area contributed by atoms with Gasteiger partial charge in [-0.05, 0) is 17.8 Å². The molecule has 0 radical (unpaired) electrons. The van der Waals surface area contributed by atoms with Crippen LogP contribution in [0.1, 0.15) is 48.5 Å². The van der Waals surface area contributed by atoms with Gasteiger partial charge in [0.2, 0.25) is 5.91 Å². The average Bonchev–Trinajstić information content (AvgIpc) is 2.10. The number of hydrogen-bond acceptors (Lipinski definition) is 2. The molecular formula is C13H28N2O. The summed E-state index contributed by atoms with van der Waals surface area (Å²) in [5, 5.41) is 0. The summed E-state index contributed by atoms with van der Waals surface area (Å²) in [6, 6.07) is -0.268. The topological polar surface area (TPSA) is 46.3 Å². The summed E-state index contributed by atoms with van der Waals surface area (Å²) >= 11 is 0.